The molecule has 0 saturated heterocycles. The van der Waals surface area contributed by atoms with Crippen molar-refractivity contribution in [3.05, 3.63) is 34.2 Å². The number of fused-ring (bicyclic) bond motifs is 1. The van der Waals surface area contributed by atoms with Crippen molar-refractivity contribution < 1.29 is 4.39 Å². The molecule has 0 radical (unpaired) electrons. The second-order valence-electron chi connectivity index (χ2n) is 2.42. The van der Waals surface area contributed by atoms with Gasteiger partial charge in [0.1, 0.15) is 0 Å². The Morgan fingerprint density at radius 3 is 2.67 bits per heavy atom. The molecule has 12 heavy (non-hydrogen) atoms. The van der Waals surface area contributed by atoms with E-state index in [2.05, 4.69) is 4.98 Å². The van der Waals surface area contributed by atoms with E-state index in [1.807, 2.05) is 0 Å². The highest BCUT2D eigenvalue weighted by atomic mass is 35.5. The molecule has 1 nitrogen and oxygen atoms in total. The van der Waals surface area contributed by atoms with Crippen LogP contribution in [0.1, 0.15) is 0 Å². The van der Waals surface area contributed by atoms with Crippen LogP contribution in [0.5, 0.6) is 0 Å². The van der Waals surface area contributed by atoms with Gasteiger partial charge in [0.2, 0.25) is 0 Å². The van der Waals surface area contributed by atoms with Crippen LogP contribution in [0.15, 0.2) is 18.3 Å². The number of benzene rings is 1. The first-order valence-corrected chi connectivity index (χ1v) is 4.06. The molecule has 0 atom stereocenters. The number of rotatable bonds is 0. The monoisotopic (exact) mass is 203 g/mol. The molecule has 4 heteroatoms. The number of aromatic amines is 1. The van der Waals surface area contributed by atoms with Crippen LogP contribution in [0, 0.1) is 5.82 Å². The Morgan fingerprint density at radius 1 is 1.17 bits per heavy atom. The fourth-order valence-corrected chi connectivity index (χ4v) is 1.47. The molecule has 0 aliphatic rings. The Kier molecular flexibility index (Phi) is 1.74. The molecular weight excluding hydrogens is 200 g/mol. The molecule has 1 aromatic heterocycles. The van der Waals surface area contributed by atoms with Gasteiger partial charge in [0.15, 0.2) is 5.82 Å². The lowest BCUT2D eigenvalue weighted by molar-refractivity contribution is 0.638. The minimum Gasteiger partial charge on any atom is -0.357 e. The molecule has 0 fully saturated rings. The summed E-state index contributed by atoms with van der Waals surface area (Å²) in [5.74, 6) is -0.457. The van der Waals surface area contributed by atoms with E-state index in [4.69, 9.17) is 23.2 Å². The van der Waals surface area contributed by atoms with Crippen molar-refractivity contribution in [3.8, 4) is 0 Å². The Balaban J connectivity index is 2.93. The van der Waals surface area contributed by atoms with Gasteiger partial charge in [0.25, 0.3) is 0 Å². The lowest BCUT2D eigenvalue weighted by Crippen LogP contribution is -1.78. The van der Waals surface area contributed by atoms with Crippen molar-refractivity contribution in [3.63, 3.8) is 0 Å². The van der Waals surface area contributed by atoms with Gasteiger partial charge in [-0.2, -0.15) is 0 Å². The van der Waals surface area contributed by atoms with Crippen molar-refractivity contribution in [1.82, 2.24) is 4.98 Å². The fraction of sp³-hybridized carbons (Fsp3) is 0. The van der Waals surface area contributed by atoms with Gasteiger partial charge in [0.05, 0.1) is 15.6 Å². The highest BCUT2D eigenvalue weighted by Gasteiger charge is 2.08. The van der Waals surface area contributed by atoms with Crippen molar-refractivity contribution in [2.24, 2.45) is 0 Å². The number of nitrogens with one attached hydrogen (secondary N) is 1. The summed E-state index contributed by atoms with van der Waals surface area (Å²) in [7, 11) is 0. The first-order chi connectivity index (χ1) is 5.70. The Labute approximate surface area is 78.1 Å². The number of aromatic nitrogens is 1. The predicted octanol–water partition coefficient (Wildman–Crippen LogP) is 3.61. The van der Waals surface area contributed by atoms with Gasteiger partial charge in [-0.1, -0.05) is 23.2 Å². The van der Waals surface area contributed by atoms with E-state index in [0.29, 0.717) is 15.9 Å². The van der Waals surface area contributed by atoms with Crippen LogP contribution in [0.4, 0.5) is 4.39 Å². The summed E-state index contributed by atoms with van der Waals surface area (Å²) in [6.45, 7) is 0. The van der Waals surface area contributed by atoms with Gasteiger partial charge in [-0.25, -0.2) is 4.39 Å². The second-order valence-corrected chi connectivity index (χ2v) is 3.23. The topological polar surface area (TPSA) is 15.8 Å². The van der Waals surface area contributed by atoms with Crippen LogP contribution in [-0.2, 0) is 0 Å². The Bertz CT molecular complexity index is 436. The molecule has 1 N–H and O–H groups in total. The SMILES string of the molecule is Fc1c(Cl)ccc2c(Cl)c[nH]c12. The van der Waals surface area contributed by atoms with Gasteiger partial charge in [-0.05, 0) is 12.1 Å². The van der Waals surface area contributed by atoms with E-state index in [1.165, 1.54) is 12.3 Å². The fourth-order valence-electron chi connectivity index (χ4n) is 1.10. The molecule has 1 heterocycles. The summed E-state index contributed by atoms with van der Waals surface area (Å²) in [4.78, 5) is 2.71. The van der Waals surface area contributed by atoms with Crippen LogP contribution in [0.25, 0.3) is 10.9 Å². The van der Waals surface area contributed by atoms with E-state index < -0.39 is 5.82 Å². The molecule has 2 rings (SSSR count). The van der Waals surface area contributed by atoms with Crippen LogP contribution >= 0.6 is 23.2 Å². The summed E-state index contributed by atoms with van der Waals surface area (Å²) < 4.78 is 13.2. The first-order valence-electron chi connectivity index (χ1n) is 3.30. The van der Waals surface area contributed by atoms with E-state index in [9.17, 15) is 4.39 Å². The largest absolute Gasteiger partial charge is 0.357 e. The summed E-state index contributed by atoms with van der Waals surface area (Å²) in [6, 6.07) is 3.17. The highest BCUT2D eigenvalue weighted by Crippen LogP contribution is 2.28. The van der Waals surface area contributed by atoms with Gasteiger partial charge in [0, 0.05) is 11.6 Å². The van der Waals surface area contributed by atoms with Crippen molar-refractivity contribution in [2.75, 3.05) is 0 Å². The van der Waals surface area contributed by atoms with E-state index in [0.717, 1.165) is 0 Å². The minimum absolute atomic E-state index is 0.0982. The highest BCUT2D eigenvalue weighted by molar-refractivity contribution is 6.36. The summed E-state index contributed by atoms with van der Waals surface area (Å²) in [6.07, 6.45) is 1.53. The van der Waals surface area contributed by atoms with Crippen LogP contribution in [0.3, 0.4) is 0 Å². The standard InChI is InChI=1S/C8H4Cl2FN/c9-5-2-1-4-6(10)3-12-8(4)7(5)11/h1-3,12H. The molecule has 0 aliphatic heterocycles. The third-order valence-corrected chi connectivity index (χ3v) is 2.30. The molecule has 0 unspecified atom stereocenters. The van der Waals surface area contributed by atoms with Gasteiger partial charge in [-0.3, -0.25) is 0 Å². The van der Waals surface area contributed by atoms with Crippen molar-refractivity contribution in [1.29, 1.82) is 0 Å². The number of halogens is 3. The average Bonchev–Trinajstić information content (AvgIpc) is 2.41. The summed E-state index contributed by atoms with van der Waals surface area (Å²) in [5, 5.41) is 1.25. The molecular formula is C8H4Cl2FN. The smallest absolute Gasteiger partial charge is 0.165 e. The maximum absolute atomic E-state index is 13.2. The van der Waals surface area contributed by atoms with Gasteiger partial charge in [-0.15, -0.1) is 0 Å². The van der Waals surface area contributed by atoms with E-state index >= 15 is 0 Å². The van der Waals surface area contributed by atoms with E-state index in [-0.39, 0.29) is 5.02 Å². The maximum atomic E-state index is 13.2. The molecule has 2 aromatic rings. The quantitative estimate of drug-likeness (QED) is 0.674. The molecule has 0 aliphatic carbocycles. The zero-order valence-electron chi connectivity index (χ0n) is 5.87. The zero-order chi connectivity index (χ0) is 8.72. The van der Waals surface area contributed by atoms with Gasteiger partial charge >= 0.3 is 0 Å². The molecule has 1 aromatic carbocycles. The number of hydrogen-bond donors (Lipinski definition) is 1. The molecule has 0 bridgehead atoms. The molecule has 62 valence electrons. The van der Waals surface area contributed by atoms with Crippen LogP contribution in [-0.4, -0.2) is 4.98 Å². The summed E-state index contributed by atoms with van der Waals surface area (Å²) in [5.41, 5.74) is 0.354. The number of hydrogen-bond acceptors (Lipinski definition) is 0. The first kappa shape index (κ1) is 7.90. The lowest BCUT2D eigenvalue weighted by Gasteiger charge is -1.94. The molecule has 0 spiro atoms. The molecule has 0 saturated carbocycles. The van der Waals surface area contributed by atoms with Crippen molar-refractivity contribution in [2.45, 2.75) is 0 Å². The Morgan fingerprint density at radius 2 is 1.92 bits per heavy atom. The maximum Gasteiger partial charge on any atom is 0.165 e. The number of H-pyrrole nitrogens is 1. The van der Waals surface area contributed by atoms with Crippen LogP contribution < -0.4 is 0 Å². The predicted molar refractivity (Wildman–Crippen MR) is 48.3 cm³/mol. The summed E-state index contributed by atoms with van der Waals surface area (Å²) >= 11 is 11.3. The normalized spacial score (nSPS) is 10.9. The molecule has 0 amide bonds. The van der Waals surface area contributed by atoms with Crippen LogP contribution in [0.2, 0.25) is 10.0 Å². The lowest BCUT2D eigenvalue weighted by atomic mass is 10.2. The minimum atomic E-state index is -0.457. The average molecular weight is 204 g/mol. The Hall–Kier alpha value is -0.730. The second kappa shape index (κ2) is 2.64. The van der Waals surface area contributed by atoms with Gasteiger partial charge < -0.3 is 4.98 Å². The third-order valence-electron chi connectivity index (χ3n) is 1.70. The van der Waals surface area contributed by atoms with E-state index in [1.54, 1.807) is 6.07 Å². The van der Waals surface area contributed by atoms with Crippen molar-refractivity contribution >= 4 is 34.1 Å². The third kappa shape index (κ3) is 0.993. The zero-order valence-corrected chi connectivity index (χ0v) is 7.38.